The average Bonchev–Trinajstić information content (AvgIpc) is 1.61. The minimum absolute atomic E-state index is 0.0182. The van der Waals surface area contributed by atoms with Gasteiger partial charge in [-0.25, -0.2) is 29.9 Å². The summed E-state index contributed by atoms with van der Waals surface area (Å²) in [6.07, 6.45) is 13.2. The van der Waals surface area contributed by atoms with E-state index in [9.17, 15) is 24.0 Å². The van der Waals surface area contributed by atoms with Crippen LogP contribution in [-0.4, -0.2) is 189 Å². The van der Waals surface area contributed by atoms with Gasteiger partial charge in [0.15, 0.2) is 28.9 Å². The van der Waals surface area contributed by atoms with E-state index in [1.54, 1.807) is 55.0 Å². The van der Waals surface area contributed by atoms with Gasteiger partial charge >= 0.3 is 0 Å². The van der Waals surface area contributed by atoms with E-state index in [2.05, 4.69) is 49.8 Å². The Balaban J connectivity index is 0.000000122. The lowest BCUT2D eigenvalue weighted by molar-refractivity contribution is -0.191. The summed E-state index contributed by atoms with van der Waals surface area (Å²) in [4.78, 5) is 105. The first kappa shape index (κ1) is 84.5. The van der Waals surface area contributed by atoms with Gasteiger partial charge < -0.3 is 52.1 Å². The van der Waals surface area contributed by atoms with Crippen molar-refractivity contribution in [1.82, 2.24) is 49.8 Å². The zero-order valence-electron chi connectivity index (χ0n) is 68.5. The van der Waals surface area contributed by atoms with Gasteiger partial charge in [0.1, 0.15) is 99.4 Å². The molecule has 10 aromatic rings. The maximum Gasteiger partial charge on any atom is 0.188 e. The normalized spacial score (nSPS) is 18.6. The predicted molar refractivity (Wildman–Crippen MR) is 440 cm³/mol. The number of nitrogens with zero attached hydrogens (tertiary/aromatic N) is 10. The number of hydrogen-bond donors (Lipinski definition) is 0. The molecule has 8 aliphatic rings. The molecule has 0 N–H and O–H groups in total. The third-order valence-electron chi connectivity index (χ3n) is 21.3. The van der Waals surface area contributed by atoms with Crippen molar-refractivity contribution in [2.75, 3.05) is 79.3 Å². The Bertz CT molecular complexity index is 5180. The molecule has 3 spiro atoms. The fourth-order valence-electron chi connectivity index (χ4n) is 15.0. The summed E-state index contributed by atoms with van der Waals surface area (Å²) in [6.45, 7) is 23.6. The summed E-state index contributed by atoms with van der Waals surface area (Å²) in [5.41, 5.74) is 13.0. The molecule has 18 rings (SSSR count). The highest BCUT2D eigenvalue weighted by Crippen LogP contribution is 2.50. The Morgan fingerprint density at radius 2 is 0.773 bits per heavy atom. The SMILES string of the molecule is Cc1cc(OC2CC3(COC3)C2)cc(C(=O)Cc2ccccn2)n1.Cc1cc(OC2CC3(COC3)C2)cc(C(=O)Cc2nc(C)cs2)n1.Cc1cc(OCC2COCCO2)cc(C(=O)Cc2ccccn2)n1.Cc1ccc(CC(=O)c2cc(OC3COC3)cc(C)n2)nc1.Cc1cccc(CC(=O)c2cc(OC3CC4(COC4)C3)cc(C)n2)n1. The van der Waals surface area contributed by atoms with Crippen LogP contribution in [0.25, 0.3) is 0 Å². The second kappa shape index (κ2) is 38.9. The minimum Gasteiger partial charge on any atom is -0.491 e. The van der Waals surface area contributed by atoms with E-state index >= 15 is 0 Å². The van der Waals surface area contributed by atoms with Crippen LogP contribution < -0.4 is 23.7 Å². The van der Waals surface area contributed by atoms with Crippen molar-refractivity contribution in [3.05, 3.63) is 253 Å². The van der Waals surface area contributed by atoms with Crippen LogP contribution >= 0.6 is 11.3 Å². The number of carbonyl (C=O) groups is 5. The molecule has 0 bridgehead atoms. The molecule has 119 heavy (non-hydrogen) atoms. The molecular weight excluding hydrogens is 1530 g/mol. The number of pyridine rings is 9. The number of rotatable bonds is 26. The molecule has 5 aliphatic heterocycles. The zero-order chi connectivity index (χ0) is 83.1. The molecule has 620 valence electrons. The lowest BCUT2D eigenvalue weighted by Crippen LogP contribution is -2.56. The molecule has 26 nitrogen and oxygen atoms in total. The smallest absolute Gasteiger partial charge is 0.188 e. The van der Waals surface area contributed by atoms with E-state index in [1.807, 2.05) is 152 Å². The lowest BCUT2D eigenvalue weighted by atomic mass is 9.65. The number of carbonyl (C=O) groups excluding carboxylic acids is 5. The maximum absolute atomic E-state index is 12.6. The Kier molecular flexibility index (Phi) is 27.6. The average molecular weight is 1630 g/mol. The van der Waals surface area contributed by atoms with Crippen LogP contribution in [0, 0.1) is 71.6 Å². The van der Waals surface area contributed by atoms with Gasteiger partial charge in [0, 0.05) is 164 Å². The van der Waals surface area contributed by atoms with Crippen molar-refractivity contribution >= 4 is 40.3 Å². The fraction of sp³-hybridized carbons (Fsp3) is 0.424. The Morgan fingerprint density at radius 3 is 1.13 bits per heavy atom. The molecule has 0 amide bonds. The van der Waals surface area contributed by atoms with Crippen LogP contribution in [0.15, 0.2) is 151 Å². The third kappa shape index (κ3) is 23.8. The van der Waals surface area contributed by atoms with Crippen molar-refractivity contribution in [2.45, 2.75) is 157 Å². The molecule has 15 heterocycles. The molecule has 1 unspecified atom stereocenters. The van der Waals surface area contributed by atoms with Crippen molar-refractivity contribution in [3.8, 4) is 28.7 Å². The highest BCUT2D eigenvalue weighted by atomic mass is 32.1. The van der Waals surface area contributed by atoms with Gasteiger partial charge in [-0.05, 0) is 142 Å². The molecule has 3 saturated carbocycles. The molecule has 27 heteroatoms. The van der Waals surface area contributed by atoms with E-state index in [-0.39, 0.29) is 91.5 Å². The Labute approximate surface area is 696 Å². The minimum atomic E-state index is -0.0838. The summed E-state index contributed by atoms with van der Waals surface area (Å²) in [5, 5.41) is 2.78. The molecule has 3 aliphatic carbocycles. The van der Waals surface area contributed by atoms with Crippen LogP contribution in [0.2, 0.25) is 0 Å². The van der Waals surface area contributed by atoms with Gasteiger partial charge in [-0.2, -0.15) is 0 Å². The van der Waals surface area contributed by atoms with Gasteiger partial charge in [0.25, 0.3) is 0 Å². The number of ether oxygens (including phenoxy) is 11. The highest BCUT2D eigenvalue weighted by Gasteiger charge is 2.53. The first-order valence-electron chi connectivity index (χ1n) is 40.4. The van der Waals surface area contributed by atoms with Gasteiger partial charge in [0.05, 0.1) is 105 Å². The van der Waals surface area contributed by atoms with E-state index in [1.165, 1.54) is 11.3 Å². The monoisotopic (exact) mass is 1630 g/mol. The first-order valence-corrected chi connectivity index (χ1v) is 41.3. The van der Waals surface area contributed by atoms with Gasteiger partial charge in [0.2, 0.25) is 0 Å². The topological polar surface area (TPSA) is 316 Å². The quantitative estimate of drug-likeness (QED) is 0.0455. The van der Waals surface area contributed by atoms with Crippen LogP contribution in [0.3, 0.4) is 0 Å². The van der Waals surface area contributed by atoms with Crippen LogP contribution in [0.5, 0.6) is 28.7 Å². The molecule has 0 radical (unpaired) electrons. The number of Topliss-reactive ketones (excluding diaryl/α,β-unsaturated/α-hetero) is 5. The van der Waals surface area contributed by atoms with E-state index in [0.29, 0.717) is 95.9 Å². The lowest BCUT2D eigenvalue weighted by Gasteiger charge is -2.52. The third-order valence-corrected chi connectivity index (χ3v) is 22.3. The molecule has 10 aromatic heterocycles. The second-order valence-electron chi connectivity index (χ2n) is 32.3. The number of aromatic nitrogens is 10. The predicted octanol–water partition coefficient (Wildman–Crippen LogP) is 13.3. The molecule has 0 aromatic carbocycles. The number of aryl methyl sites for hydroxylation is 8. The Hall–Kier alpha value is -10.9. The largest absolute Gasteiger partial charge is 0.491 e. The van der Waals surface area contributed by atoms with Crippen LogP contribution in [-0.2, 0) is 60.5 Å². The first-order chi connectivity index (χ1) is 57.4. The second-order valence-corrected chi connectivity index (χ2v) is 33.3. The van der Waals surface area contributed by atoms with E-state index < -0.39 is 0 Å². The Morgan fingerprint density at radius 1 is 0.370 bits per heavy atom. The van der Waals surface area contributed by atoms with Crippen LogP contribution in [0.4, 0.5) is 0 Å². The number of thiazole rings is 1. The fourth-order valence-corrected chi connectivity index (χ4v) is 15.8. The number of ketones is 5. The molecule has 5 saturated heterocycles. The summed E-state index contributed by atoms with van der Waals surface area (Å²) >= 11 is 1.51. The van der Waals surface area contributed by atoms with Crippen molar-refractivity contribution < 1.29 is 76.1 Å². The van der Waals surface area contributed by atoms with Gasteiger partial charge in [-0.15, -0.1) is 11.3 Å². The highest BCUT2D eigenvalue weighted by molar-refractivity contribution is 7.09. The summed E-state index contributed by atoms with van der Waals surface area (Å²) in [6, 6.07) is 38.5. The van der Waals surface area contributed by atoms with Gasteiger partial charge in [-0.3, -0.25) is 43.9 Å². The molecule has 1 atom stereocenters. The van der Waals surface area contributed by atoms with Crippen molar-refractivity contribution in [2.24, 2.45) is 16.2 Å². The number of hydrogen-bond acceptors (Lipinski definition) is 27. The van der Waals surface area contributed by atoms with Crippen molar-refractivity contribution in [1.29, 1.82) is 0 Å². The molecular formula is C92H100N10O16S. The maximum atomic E-state index is 12.6. The summed E-state index contributed by atoms with van der Waals surface area (Å²) in [7, 11) is 0. The zero-order valence-corrected chi connectivity index (χ0v) is 69.3. The van der Waals surface area contributed by atoms with Crippen LogP contribution in [0.1, 0.15) is 164 Å². The van der Waals surface area contributed by atoms with E-state index in [0.717, 1.165) is 169 Å². The summed E-state index contributed by atoms with van der Waals surface area (Å²) in [5.74, 6) is 3.23. The van der Waals surface area contributed by atoms with E-state index in [4.69, 9.17) is 52.1 Å². The van der Waals surface area contributed by atoms with Crippen molar-refractivity contribution in [3.63, 3.8) is 0 Å². The standard InChI is InChI=1S/C20H22N2O3.C19H20N2O3.C18H20N2O4.C18H20N2O3S.C17H18N2O3/c1-13-4-3-5-15(21-13)7-19(23)18-8-16(6-14(2)22-18)25-17-9-20(10-17)11-24-12-20;1-13-6-15(24-16-9-19(10-16)11-23-12-19)8-17(21-13)18(22)7-14-4-2-3-5-20-14;1-13-8-15(24-12-16-11-22-6-7-23-16)10-17(20-13)18(21)9-14-4-2-3-5-19-14;1-11-3-13(23-14-6-18(7-14)9-22-10-18)4-15(19-11)16(21)5-17-20-12(2)8-24-17;1-11-3-4-13(18-8-11)6-17(20)16-7-14(5-12(2)19-16)22-15-9-21-10-15/h3-6,8,17H,7,9-12H2,1-2H3;2-6,8,16H,7,9-12H2,1H3;2-5,8,10,16H,6-7,9,11-12H2,1H3;3-4,8,14H,5-7,9-10H2,1-2H3;3-5,7-8,15H,6,9-10H2,1-2H3. The summed E-state index contributed by atoms with van der Waals surface area (Å²) < 4.78 is 61.5. The molecule has 8 fully saturated rings. The van der Waals surface area contributed by atoms with Gasteiger partial charge in [-0.1, -0.05) is 24.3 Å².